The number of nitrogens with zero attached hydrogens (tertiary/aromatic N) is 4. The molecule has 25 heteroatoms. The van der Waals surface area contributed by atoms with Crippen molar-refractivity contribution in [2.45, 2.75) is 14.7 Å². The third-order valence-electron chi connectivity index (χ3n) is 8.49. The lowest BCUT2D eigenvalue weighted by molar-refractivity contribution is -0.117. The van der Waals surface area contributed by atoms with E-state index in [1.165, 1.54) is 73.8 Å². The van der Waals surface area contributed by atoms with Crippen molar-refractivity contribution in [1.29, 1.82) is 0 Å². The maximum Gasteiger partial charge on any atom is 0.322 e. The van der Waals surface area contributed by atoms with Gasteiger partial charge in [-0.2, -0.15) is 40.2 Å². The van der Waals surface area contributed by atoms with E-state index in [2.05, 4.69) is 30.9 Å². The number of para-hydroxylation sites is 1. The van der Waals surface area contributed by atoms with Crippen molar-refractivity contribution in [1.82, 2.24) is 15.0 Å². The fraction of sp³-hybridized carbons (Fsp3) is 0.118. The van der Waals surface area contributed by atoms with E-state index in [0.29, 0.717) is 4.90 Å². The average Bonchev–Trinajstić information content (AvgIpc) is 3.18. The van der Waals surface area contributed by atoms with E-state index in [0.717, 1.165) is 6.07 Å². The van der Waals surface area contributed by atoms with Crippen molar-refractivity contribution in [2.24, 2.45) is 11.5 Å². The second kappa shape index (κ2) is 16.1. The second-order valence-electron chi connectivity index (χ2n) is 12.2. The van der Waals surface area contributed by atoms with Crippen LogP contribution in [0.25, 0.3) is 0 Å². The first-order valence-corrected chi connectivity index (χ1v) is 21.0. The first-order valence-electron chi connectivity index (χ1n) is 16.6. The van der Waals surface area contributed by atoms with E-state index in [4.69, 9.17) is 16.2 Å². The van der Waals surface area contributed by atoms with Gasteiger partial charge in [-0.3, -0.25) is 28.0 Å². The van der Waals surface area contributed by atoms with Gasteiger partial charge in [-0.1, -0.05) is 36.4 Å². The normalized spacial score (nSPS) is 12.6. The highest BCUT2D eigenvalue weighted by Gasteiger charge is 2.45. The summed E-state index contributed by atoms with van der Waals surface area (Å²) < 4.78 is 113. The lowest BCUT2D eigenvalue weighted by atomic mass is 9.81. The summed E-state index contributed by atoms with van der Waals surface area (Å²) in [5.74, 6) is -3.53. The molecular formula is C34H31N9O13S3. The van der Waals surface area contributed by atoms with Gasteiger partial charge in [0.15, 0.2) is 11.6 Å². The number of methoxy groups -OCH3 is 1. The Morgan fingerprint density at radius 1 is 0.695 bits per heavy atom. The highest BCUT2D eigenvalue weighted by Crippen LogP contribution is 2.48. The minimum Gasteiger partial charge on any atom is -0.467 e. The van der Waals surface area contributed by atoms with E-state index in [1.807, 2.05) is 0 Å². The first kappa shape index (κ1) is 42.2. The smallest absolute Gasteiger partial charge is 0.322 e. The number of carbonyl (C=O) groups excluding carboxylic acids is 3. The molecule has 6 rings (SSSR count). The largest absolute Gasteiger partial charge is 0.467 e. The van der Waals surface area contributed by atoms with Crippen molar-refractivity contribution in [2.75, 3.05) is 47.6 Å². The number of nitrogens with two attached hydrogens (primary N) is 2. The van der Waals surface area contributed by atoms with Gasteiger partial charge in [0, 0.05) is 35.6 Å². The van der Waals surface area contributed by atoms with Crippen molar-refractivity contribution >= 4 is 88.2 Å². The van der Waals surface area contributed by atoms with E-state index >= 15 is 0 Å². The van der Waals surface area contributed by atoms with Crippen molar-refractivity contribution < 1.29 is 58.0 Å². The van der Waals surface area contributed by atoms with Crippen molar-refractivity contribution in [3.63, 3.8) is 0 Å². The average molecular weight is 870 g/mol. The molecule has 0 radical (unpaired) electrons. The topological polar surface area (TPSA) is 354 Å². The van der Waals surface area contributed by atoms with Crippen LogP contribution in [0.5, 0.6) is 6.01 Å². The predicted molar refractivity (Wildman–Crippen MR) is 209 cm³/mol. The molecule has 1 heterocycles. The van der Waals surface area contributed by atoms with E-state index in [-0.39, 0.29) is 46.1 Å². The Bertz CT molecular complexity index is 2890. The van der Waals surface area contributed by atoms with E-state index in [9.17, 15) is 53.3 Å². The number of rotatable bonds is 14. The number of hydrogen-bond donors (Lipinski definition) is 8. The number of aromatic nitrogens is 3. The van der Waals surface area contributed by atoms with Crippen LogP contribution in [0.1, 0.15) is 31.8 Å². The zero-order chi connectivity index (χ0) is 43.0. The molecule has 4 aromatic carbocycles. The summed E-state index contributed by atoms with van der Waals surface area (Å²) in [6.45, 7) is -1.80. The quantitative estimate of drug-likeness (QED) is 0.0724. The summed E-state index contributed by atoms with van der Waals surface area (Å²) in [4.78, 5) is 50.9. The Balaban J connectivity index is 1.49. The van der Waals surface area contributed by atoms with Crippen LogP contribution in [0.3, 0.4) is 0 Å². The Labute approximate surface area is 334 Å². The predicted octanol–water partition coefficient (Wildman–Crippen LogP) is 1.88. The molecule has 308 valence electrons. The lowest BCUT2D eigenvalue weighted by Crippen LogP contribution is -2.42. The molecule has 0 fully saturated rings. The van der Waals surface area contributed by atoms with Crippen LogP contribution in [-0.2, 0) is 35.1 Å². The Kier molecular flexibility index (Phi) is 11.5. The minimum atomic E-state index is -5.80. The molecule has 5 aromatic rings. The Morgan fingerprint density at radius 2 is 1.22 bits per heavy atom. The van der Waals surface area contributed by atoms with Gasteiger partial charge in [-0.15, -0.1) is 0 Å². The minimum absolute atomic E-state index is 0.0787. The molecule has 0 spiro atoms. The summed E-state index contributed by atoms with van der Waals surface area (Å²) >= 11 is 0. The summed E-state index contributed by atoms with van der Waals surface area (Å²) in [5.41, 5.74) is 7.28. The number of ether oxygens (including phenoxy) is 1. The Morgan fingerprint density at radius 3 is 1.75 bits per heavy atom. The third kappa shape index (κ3) is 8.43. The molecule has 22 nitrogen and oxygen atoms in total. The molecule has 1 aromatic heterocycles. The fourth-order valence-corrected chi connectivity index (χ4v) is 8.95. The number of anilines is 7. The standard InChI is InChI=1S/C34H31N9O13S3/c1-56-34-41-32(40-33(42-34)39-21-8-4-5-9-22(21)57(47,48)49)38-18-12-10-17(11-13-18)37-26-24-25(29(46)20-7-3-2-6-19(20)28(24)45)27(43(15-14-35)23(44)16-36)31(59(53,54)55)30(26)58(50,51)52/h2-13,37H,14-16,35-36H2,1H3,(H,47,48,49)(H,50,51,52)(H,53,54,55)(H2,38,39,40,41,42). The second-order valence-corrected chi connectivity index (χ2v) is 16.3. The van der Waals surface area contributed by atoms with Gasteiger partial charge in [-0.25, -0.2) is 0 Å². The number of nitrogens with one attached hydrogen (secondary N) is 3. The van der Waals surface area contributed by atoms with E-state index < -0.39 is 105 Å². The number of amides is 1. The van der Waals surface area contributed by atoms with Crippen LogP contribution < -0.4 is 37.1 Å². The zero-order valence-corrected chi connectivity index (χ0v) is 32.6. The molecule has 1 aliphatic carbocycles. The fourth-order valence-electron chi connectivity index (χ4n) is 6.14. The monoisotopic (exact) mass is 869 g/mol. The molecule has 0 aliphatic heterocycles. The van der Waals surface area contributed by atoms with Crippen LogP contribution in [0.2, 0.25) is 0 Å². The number of hydrogen-bond acceptors (Lipinski definition) is 18. The SMILES string of the molecule is COc1nc(Nc2ccc(Nc3c4c(c(N(CCN)C(=O)CN)c(S(=O)(=O)O)c3S(=O)(=O)O)C(=O)c3ccccc3C4=O)cc2)nc(Nc2ccccc2S(=O)(=O)O)n1. The summed E-state index contributed by atoms with van der Waals surface area (Å²) in [5, 5.41) is 8.11. The van der Waals surface area contributed by atoms with Gasteiger partial charge in [0.2, 0.25) is 17.8 Å². The van der Waals surface area contributed by atoms with E-state index in [1.54, 1.807) is 0 Å². The molecule has 1 aliphatic rings. The summed E-state index contributed by atoms with van der Waals surface area (Å²) in [6.07, 6.45) is 0. The summed E-state index contributed by atoms with van der Waals surface area (Å²) in [6, 6.07) is 15.7. The van der Waals surface area contributed by atoms with Gasteiger partial charge in [0.1, 0.15) is 14.7 Å². The maximum absolute atomic E-state index is 14.3. The van der Waals surface area contributed by atoms with Crippen LogP contribution in [0.4, 0.5) is 40.3 Å². The van der Waals surface area contributed by atoms with Gasteiger partial charge in [0.05, 0.1) is 41.8 Å². The van der Waals surface area contributed by atoms with Gasteiger partial charge < -0.3 is 37.1 Å². The van der Waals surface area contributed by atoms with Gasteiger partial charge in [-0.05, 0) is 36.4 Å². The van der Waals surface area contributed by atoms with Crippen LogP contribution in [-0.4, -0.2) is 98.1 Å². The van der Waals surface area contributed by atoms with Crippen LogP contribution in [0.15, 0.2) is 87.5 Å². The van der Waals surface area contributed by atoms with Crippen molar-refractivity contribution in [3.05, 3.63) is 95.1 Å². The molecule has 0 unspecified atom stereocenters. The maximum atomic E-state index is 14.3. The van der Waals surface area contributed by atoms with Gasteiger partial charge >= 0.3 is 6.01 Å². The Hall–Kier alpha value is -6.45. The number of fused-ring (bicyclic) bond motifs is 2. The molecule has 59 heavy (non-hydrogen) atoms. The highest BCUT2D eigenvalue weighted by atomic mass is 32.2. The molecule has 0 atom stereocenters. The highest BCUT2D eigenvalue weighted by molar-refractivity contribution is 7.89. The lowest BCUT2D eigenvalue weighted by Gasteiger charge is -2.32. The molecule has 0 saturated carbocycles. The molecule has 0 saturated heterocycles. The molecular weight excluding hydrogens is 839 g/mol. The number of ketones is 2. The van der Waals surface area contributed by atoms with Crippen molar-refractivity contribution in [3.8, 4) is 6.01 Å². The molecule has 0 bridgehead atoms. The van der Waals surface area contributed by atoms with Crippen LogP contribution >= 0.6 is 0 Å². The van der Waals surface area contributed by atoms with Gasteiger partial charge in [0.25, 0.3) is 30.4 Å². The first-order chi connectivity index (χ1) is 27.8. The molecule has 10 N–H and O–H groups in total. The zero-order valence-electron chi connectivity index (χ0n) is 30.1. The third-order valence-corrected chi connectivity index (χ3v) is 11.4. The summed E-state index contributed by atoms with van der Waals surface area (Å²) in [7, 11) is -15.0. The van der Waals surface area contributed by atoms with Crippen LogP contribution in [0, 0.1) is 0 Å². The molecule has 1 amide bonds. The number of benzene rings is 4. The number of carbonyl (C=O) groups is 3.